The molecule has 2 aromatic carbocycles. The van der Waals surface area contributed by atoms with Gasteiger partial charge < -0.3 is 20.1 Å². The number of aliphatic imine (C=N–C) groups is 1. The monoisotopic (exact) mass is 490 g/mol. The van der Waals surface area contributed by atoms with Crippen LogP contribution in [0, 0.1) is 0 Å². The summed E-state index contributed by atoms with van der Waals surface area (Å²) in [5.74, 6) is 2.41. The Labute approximate surface area is 181 Å². The van der Waals surface area contributed by atoms with E-state index in [9.17, 15) is 0 Å². The van der Waals surface area contributed by atoms with Gasteiger partial charge in [0.15, 0.2) is 17.5 Å². The quantitative estimate of drug-likeness (QED) is 0.326. The van der Waals surface area contributed by atoms with Crippen molar-refractivity contribution in [1.29, 1.82) is 0 Å². The molecule has 0 atom stereocenters. The van der Waals surface area contributed by atoms with Gasteiger partial charge in [-0.3, -0.25) is 9.98 Å². The number of pyridine rings is 1. The second-order valence-electron chi connectivity index (χ2n) is 6.28. The summed E-state index contributed by atoms with van der Waals surface area (Å²) in [4.78, 5) is 8.71. The van der Waals surface area contributed by atoms with E-state index in [2.05, 4.69) is 32.7 Å². The highest BCUT2D eigenvalue weighted by Gasteiger charge is 2.13. The molecule has 2 heterocycles. The van der Waals surface area contributed by atoms with E-state index in [0.29, 0.717) is 13.3 Å². The van der Waals surface area contributed by atoms with Crippen LogP contribution < -0.4 is 20.1 Å². The standard InChI is InChI=1S/C21H22N4O2.HI/c1-22-21(24-10-8-15-6-7-19-20(12-15)27-14-26-19)25-13-16-9-11-23-18-5-3-2-4-17(16)18;/h2-7,9,11-12H,8,10,13-14H2,1H3,(H2,22,24,25);1H. The largest absolute Gasteiger partial charge is 0.454 e. The molecule has 0 aliphatic carbocycles. The van der Waals surface area contributed by atoms with Gasteiger partial charge in [-0.05, 0) is 41.8 Å². The molecule has 0 saturated carbocycles. The van der Waals surface area contributed by atoms with E-state index < -0.39 is 0 Å². The Hall–Kier alpha value is -2.55. The first-order valence-electron chi connectivity index (χ1n) is 8.99. The average Bonchev–Trinajstić information content (AvgIpc) is 3.18. The van der Waals surface area contributed by atoms with Crippen LogP contribution >= 0.6 is 24.0 Å². The lowest BCUT2D eigenvalue weighted by atomic mass is 10.1. The van der Waals surface area contributed by atoms with Crippen molar-refractivity contribution >= 4 is 40.8 Å². The second kappa shape index (κ2) is 9.59. The molecule has 146 valence electrons. The Balaban J connectivity index is 0.00000225. The maximum absolute atomic E-state index is 5.43. The molecule has 0 unspecified atom stereocenters. The minimum atomic E-state index is 0. The van der Waals surface area contributed by atoms with E-state index in [0.717, 1.165) is 41.3 Å². The van der Waals surface area contributed by atoms with Gasteiger partial charge in [-0.2, -0.15) is 0 Å². The topological polar surface area (TPSA) is 67.8 Å². The third-order valence-corrected chi connectivity index (χ3v) is 4.55. The molecular formula is C21H23IN4O2. The lowest BCUT2D eigenvalue weighted by molar-refractivity contribution is 0.174. The van der Waals surface area contributed by atoms with Gasteiger partial charge in [0.05, 0.1) is 5.52 Å². The van der Waals surface area contributed by atoms with Crippen molar-refractivity contribution in [3.05, 3.63) is 65.9 Å². The fourth-order valence-corrected chi connectivity index (χ4v) is 3.13. The Bertz CT molecular complexity index is 972. The van der Waals surface area contributed by atoms with Crippen LogP contribution in [-0.2, 0) is 13.0 Å². The second-order valence-corrected chi connectivity index (χ2v) is 6.28. The Morgan fingerprint density at radius 3 is 2.82 bits per heavy atom. The molecule has 0 amide bonds. The fraction of sp³-hybridized carbons (Fsp3) is 0.238. The highest BCUT2D eigenvalue weighted by Crippen LogP contribution is 2.32. The molecule has 1 aromatic heterocycles. The zero-order valence-corrected chi connectivity index (χ0v) is 18.0. The highest BCUT2D eigenvalue weighted by molar-refractivity contribution is 14.0. The Kier molecular flexibility index (Phi) is 6.91. The Morgan fingerprint density at radius 1 is 1.07 bits per heavy atom. The summed E-state index contributed by atoms with van der Waals surface area (Å²) in [6.07, 6.45) is 2.71. The van der Waals surface area contributed by atoms with E-state index >= 15 is 0 Å². The number of fused-ring (bicyclic) bond motifs is 2. The summed E-state index contributed by atoms with van der Waals surface area (Å²) in [7, 11) is 1.78. The molecular weight excluding hydrogens is 467 g/mol. The van der Waals surface area contributed by atoms with Crippen LogP contribution in [0.4, 0.5) is 0 Å². The minimum absolute atomic E-state index is 0. The number of nitrogens with one attached hydrogen (secondary N) is 2. The predicted molar refractivity (Wildman–Crippen MR) is 122 cm³/mol. The van der Waals surface area contributed by atoms with Crippen molar-refractivity contribution in [3.63, 3.8) is 0 Å². The van der Waals surface area contributed by atoms with E-state index in [1.54, 1.807) is 7.05 Å². The van der Waals surface area contributed by atoms with Crippen LogP contribution in [0.2, 0.25) is 0 Å². The average molecular weight is 490 g/mol. The molecule has 0 bridgehead atoms. The van der Waals surface area contributed by atoms with E-state index in [-0.39, 0.29) is 24.0 Å². The number of guanidine groups is 1. The highest BCUT2D eigenvalue weighted by atomic mass is 127. The molecule has 0 radical (unpaired) electrons. The molecule has 6 nitrogen and oxygen atoms in total. The van der Waals surface area contributed by atoms with Crippen molar-refractivity contribution in [2.75, 3.05) is 20.4 Å². The summed E-state index contributed by atoms with van der Waals surface area (Å²) >= 11 is 0. The summed E-state index contributed by atoms with van der Waals surface area (Å²) in [5.41, 5.74) is 3.39. The van der Waals surface area contributed by atoms with Crippen LogP contribution in [-0.4, -0.2) is 31.3 Å². The number of benzene rings is 2. The van der Waals surface area contributed by atoms with Crippen molar-refractivity contribution in [2.45, 2.75) is 13.0 Å². The molecule has 2 N–H and O–H groups in total. The van der Waals surface area contributed by atoms with Gasteiger partial charge in [-0.15, -0.1) is 24.0 Å². The number of hydrogen-bond donors (Lipinski definition) is 2. The normalized spacial score (nSPS) is 12.5. The van der Waals surface area contributed by atoms with Gasteiger partial charge in [0.2, 0.25) is 6.79 Å². The fourth-order valence-electron chi connectivity index (χ4n) is 3.13. The molecule has 4 rings (SSSR count). The lowest BCUT2D eigenvalue weighted by Gasteiger charge is -2.13. The van der Waals surface area contributed by atoms with Gasteiger partial charge in [0.1, 0.15) is 0 Å². The first-order chi connectivity index (χ1) is 13.3. The van der Waals surface area contributed by atoms with Crippen LogP contribution in [0.3, 0.4) is 0 Å². The van der Waals surface area contributed by atoms with E-state index in [1.165, 1.54) is 11.1 Å². The van der Waals surface area contributed by atoms with Crippen LogP contribution in [0.15, 0.2) is 59.7 Å². The molecule has 0 fully saturated rings. The maximum atomic E-state index is 5.43. The molecule has 7 heteroatoms. The number of aromatic nitrogens is 1. The van der Waals surface area contributed by atoms with Crippen molar-refractivity contribution in [2.24, 2.45) is 4.99 Å². The van der Waals surface area contributed by atoms with Crippen molar-refractivity contribution in [1.82, 2.24) is 15.6 Å². The molecule has 0 spiro atoms. The minimum Gasteiger partial charge on any atom is -0.454 e. The van der Waals surface area contributed by atoms with Gasteiger partial charge in [0.25, 0.3) is 0 Å². The van der Waals surface area contributed by atoms with Crippen molar-refractivity contribution < 1.29 is 9.47 Å². The molecule has 1 aliphatic heterocycles. The molecule has 3 aromatic rings. The smallest absolute Gasteiger partial charge is 0.231 e. The summed E-state index contributed by atoms with van der Waals surface area (Å²) in [6.45, 7) is 1.76. The van der Waals surface area contributed by atoms with Crippen LogP contribution in [0.5, 0.6) is 11.5 Å². The summed E-state index contributed by atoms with van der Waals surface area (Å²) < 4.78 is 10.8. The summed E-state index contributed by atoms with van der Waals surface area (Å²) in [6, 6.07) is 16.2. The van der Waals surface area contributed by atoms with Crippen LogP contribution in [0.1, 0.15) is 11.1 Å². The first kappa shape index (κ1) is 20.2. The van der Waals surface area contributed by atoms with Crippen LogP contribution in [0.25, 0.3) is 10.9 Å². The third kappa shape index (κ3) is 4.64. The number of halogens is 1. The number of nitrogens with zero attached hydrogens (tertiary/aromatic N) is 2. The van der Waals surface area contributed by atoms with Gasteiger partial charge in [-0.1, -0.05) is 24.3 Å². The number of hydrogen-bond acceptors (Lipinski definition) is 4. The zero-order valence-electron chi connectivity index (χ0n) is 15.6. The number of rotatable bonds is 5. The third-order valence-electron chi connectivity index (χ3n) is 4.55. The Morgan fingerprint density at radius 2 is 1.93 bits per heavy atom. The number of para-hydroxylation sites is 1. The summed E-state index contributed by atoms with van der Waals surface area (Å²) in [5, 5.41) is 7.88. The first-order valence-corrected chi connectivity index (χ1v) is 8.99. The van der Waals surface area contributed by atoms with E-state index in [1.807, 2.05) is 42.6 Å². The lowest BCUT2D eigenvalue weighted by Crippen LogP contribution is -2.37. The zero-order chi connectivity index (χ0) is 18.5. The molecule has 0 saturated heterocycles. The maximum Gasteiger partial charge on any atom is 0.231 e. The predicted octanol–water partition coefficient (Wildman–Crippen LogP) is 3.49. The number of ether oxygens (including phenoxy) is 2. The van der Waals surface area contributed by atoms with Gasteiger partial charge in [0, 0.05) is 31.7 Å². The van der Waals surface area contributed by atoms with Crippen molar-refractivity contribution in [3.8, 4) is 11.5 Å². The van der Waals surface area contributed by atoms with Gasteiger partial charge >= 0.3 is 0 Å². The van der Waals surface area contributed by atoms with Gasteiger partial charge in [-0.25, -0.2) is 0 Å². The molecule has 1 aliphatic rings. The SMILES string of the molecule is CN=C(NCCc1ccc2c(c1)OCO2)NCc1ccnc2ccccc12.I. The van der Waals surface area contributed by atoms with E-state index in [4.69, 9.17) is 9.47 Å². The molecule has 28 heavy (non-hydrogen) atoms.